The number of anilines is 1. The molecule has 1 unspecified atom stereocenters. The minimum atomic E-state index is -3.87. The number of benzene rings is 2. The first-order valence-electron chi connectivity index (χ1n) is 12.0. The average molecular weight is 538 g/mol. The molecule has 0 aromatic heterocycles. The van der Waals surface area contributed by atoms with E-state index in [0.717, 1.165) is 29.0 Å². The van der Waals surface area contributed by atoms with E-state index in [0.29, 0.717) is 29.3 Å². The SMILES string of the molecule is CCCCNC(=O)C(CC)N(Cc1ccccc1Cl)C(=O)CN(c1cc(C)ccc1OC)S(C)(=O)=O. The summed E-state index contributed by atoms with van der Waals surface area (Å²) < 4.78 is 32.1. The molecular formula is C26H36ClN3O5S. The minimum absolute atomic E-state index is 0.0563. The number of hydrogen-bond acceptors (Lipinski definition) is 5. The van der Waals surface area contributed by atoms with E-state index in [9.17, 15) is 18.0 Å². The lowest BCUT2D eigenvalue weighted by atomic mass is 10.1. The zero-order valence-corrected chi connectivity index (χ0v) is 23.2. The summed E-state index contributed by atoms with van der Waals surface area (Å²) in [6.45, 7) is 5.71. The Morgan fingerprint density at radius 2 is 1.83 bits per heavy atom. The molecule has 0 bridgehead atoms. The van der Waals surface area contributed by atoms with E-state index < -0.39 is 28.5 Å². The third-order valence-electron chi connectivity index (χ3n) is 5.80. The van der Waals surface area contributed by atoms with Gasteiger partial charge in [-0.1, -0.05) is 56.1 Å². The summed E-state index contributed by atoms with van der Waals surface area (Å²) in [6, 6.07) is 11.4. The molecule has 0 saturated heterocycles. The van der Waals surface area contributed by atoms with Gasteiger partial charge in [-0.25, -0.2) is 8.42 Å². The fourth-order valence-electron chi connectivity index (χ4n) is 3.83. The van der Waals surface area contributed by atoms with Crippen LogP contribution >= 0.6 is 11.6 Å². The van der Waals surface area contributed by atoms with Gasteiger partial charge in [-0.15, -0.1) is 0 Å². The Balaban J connectivity index is 2.49. The maximum absolute atomic E-state index is 13.8. The summed E-state index contributed by atoms with van der Waals surface area (Å²) in [4.78, 5) is 28.2. The maximum atomic E-state index is 13.8. The Morgan fingerprint density at radius 3 is 2.42 bits per heavy atom. The van der Waals surface area contributed by atoms with Gasteiger partial charge in [0.25, 0.3) is 0 Å². The molecule has 198 valence electrons. The van der Waals surface area contributed by atoms with Gasteiger partial charge in [0.05, 0.1) is 19.1 Å². The number of nitrogens with zero attached hydrogens (tertiary/aromatic N) is 2. The van der Waals surface area contributed by atoms with E-state index in [1.54, 1.807) is 42.5 Å². The summed E-state index contributed by atoms with van der Waals surface area (Å²) in [7, 11) is -2.43. The molecule has 1 N–H and O–H groups in total. The first-order valence-corrected chi connectivity index (χ1v) is 14.2. The Kier molecular flexibility index (Phi) is 11.0. The fourth-order valence-corrected chi connectivity index (χ4v) is 4.87. The zero-order valence-electron chi connectivity index (χ0n) is 21.6. The van der Waals surface area contributed by atoms with Gasteiger partial charge in [-0.2, -0.15) is 0 Å². The largest absolute Gasteiger partial charge is 0.495 e. The predicted octanol–water partition coefficient (Wildman–Crippen LogP) is 4.15. The van der Waals surface area contributed by atoms with Crippen LogP contribution in [0.5, 0.6) is 5.75 Å². The van der Waals surface area contributed by atoms with E-state index >= 15 is 0 Å². The van der Waals surface area contributed by atoms with Crippen molar-refractivity contribution in [3.8, 4) is 5.75 Å². The molecule has 0 aliphatic carbocycles. The molecule has 1 atom stereocenters. The number of halogens is 1. The number of aryl methyl sites for hydroxylation is 1. The highest BCUT2D eigenvalue weighted by atomic mass is 35.5. The minimum Gasteiger partial charge on any atom is -0.495 e. The van der Waals surface area contributed by atoms with E-state index in [-0.39, 0.29) is 18.1 Å². The van der Waals surface area contributed by atoms with Crippen molar-refractivity contribution in [3.63, 3.8) is 0 Å². The fraction of sp³-hybridized carbons (Fsp3) is 0.462. The monoisotopic (exact) mass is 537 g/mol. The first-order chi connectivity index (χ1) is 17.0. The molecule has 2 aromatic carbocycles. The van der Waals surface area contributed by atoms with Crippen LogP contribution in [0.15, 0.2) is 42.5 Å². The molecule has 8 nitrogen and oxygen atoms in total. The number of ether oxygens (including phenoxy) is 1. The number of amides is 2. The molecule has 2 amide bonds. The molecule has 0 fully saturated rings. The van der Waals surface area contributed by atoms with Gasteiger partial charge in [-0.3, -0.25) is 13.9 Å². The van der Waals surface area contributed by atoms with E-state index in [1.807, 2.05) is 20.8 Å². The number of rotatable bonds is 13. The number of carbonyl (C=O) groups is 2. The van der Waals surface area contributed by atoms with Gasteiger partial charge in [0.2, 0.25) is 21.8 Å². The molecule has 10 heteroatoms. The number of nitrogens with one attached hydrogen (secondary N) is 1. The van der Waals surface area contributed by atoms with Crippen LogP contribution in [0.25, 0.3) is 0 Å². The number of unbranched alkanes of at least 4 members (excludes halogenated alkanes) is 1. The van der Waals surface area contributed by atoms with E-state index in [4.69, 9.17) is 16.3 Å². The van der Waals surface area contributed by atoms with Crippen molar-refractivity contribution in [2.45, 2.75) is 52.6 Å². The van der Waals surface area contributed by atoms with E-state index in [2.05, 4.69) is 5.32 Å². The lowest BCUT2D eigenvalue weighted by molar-refractivity contribution is -0.140. The van der Waals surface area contributed by atoms with Crippen LogP contribution in [0.4, 0.5) is 5.69 Å². The molecule has 0 spiro atoms. The summed E-state index contributed by atoms with van der Waals surface area (Å²) >= 11 is 6.37. The lowest BCUT2D eigenvalue weighted by Gasteiger charge is -2.33. The van der Waals surface area contributed by atoms with Crippen molar-refractivity contribution in [3.05, 3.63) is 58.6 Å². The van der Waals surface area contributed by atoms with Crippen LogP contribution in [0.2, 0.25) is 5.02 Å². The Labute approximate surface area is 219 Å². The zero-order chi connectivity index (χ0) is 26.9. The topological polar surface area (TPSA) is 96.0 Å². The highest BCUT2D eigenvalue weighted by Crippen LogP contribution is 2.31. The van der Waals surface area contributed by atoms with Crippen LogP contribution in [0.1, 0.15) is 44.2 Å². The van der Waals surface area contributed by atoms with Crippen molar-refractivity contribution >= 4 is 39.1 Å². The van der Waals surface area contributed by atoms with Gasteiger partial charge in [0, 0.05) is 18.1 Å². The molecule has 36 heavy (non-hydrogen) atoms. The summed E-state index contributed by atoms with van der Waals surface area (Å²) in [5.74, 6) is -0.493. The molecule has 2 rings (SSSR count). The summed E-state index contributed by atoms with van der Waals surface area (Å²) in [5, 5.41) is 3.35. The average Bonchev–Trinajstić information content (AvgIpc) is 2.82. The highest BCUT2D eigenvalue weighted by Gasteiger charge is 2.32. The van der Waals surface area contributed by atoms with Crippen LogP contribution in [0.3, 0.4) is 0 Å². The summed E-state index contributed by atoms with van der Waals surface area (Å²) in [5.41, 5.74) is 1.72. The molecule has 0 heterocycles. The van der Waals surface area contributed by atoms with Crippen molar-refractivity contribution in [2.24, 2.45) is 0 Å². The third-order valence-corrected chi connectivity index (χ3v) is 7.29. The quantitative estimate of drug-likeness (QED) is 0.387. The Morgan fingerprint density at radius 1 is 1.14 bits per heavy atom. The lowest BCUT2D eigenvalue weighted by Crippen LogP contribution is -2.52. The van der Waals surface area contributed by atoms with Crippen molar-refractivity contribution in [2.75, 3.05) is 30.8 Å². The number of sulfonamides is 1. The molecule has 0 aliphatic heterocycles. The van der Waals surface area contributed by atoms with Crippen molar-refractivity contribution in [1.82, 2.24) is 10.2 Å². The second-order valence-corrected chi connectivity index (χ2v) is 10.9. The number of carbonyl (C=O) groups excluding carboxylic acids is 2. The first kappa shape index (κ1) is 29.5. The molecule has 2 aromatic rings. The molecular weight excluding hydrogens is 502 g/mol. The van der Waals surface area contributed by atoms with Crippen LogP contribution < -0.4 is 14.4 Å². The van der Waals surface area contributed by atoms with Gasteiger partial charge in [-0.05, 0) is 49.1 Å². The Bertz CT molecular complexity index is 1160. The normalized spacial score (nSPS) is 12.1. The van der Waals surface area contributed by atoms with Gasteiger partial charge < -0.3 is 15.0 Å². The predicted molar refractivity (Wildman–Crippen MR) is 144 cm³/mol. The molecule has 0 radical (unpaired) electrons. The maximum Gasteiger partial charge on any atom is 0.244 e. The van der Waals surface area contributed by atoms with Gasteiger partial charge in [0.15, 0.2) is 0 Å². The van der Waals surface area contributed by atoms with Crippen molar-refractivity contribution < 1.29 is 22.7 Å². The highest BCUT2D eigenvalue weighted by molar-refractivity contribution is 7.92. The molecule has 0 aliphatic rings. The van der Waals surface area contributed by atoms with Gasteiger partial charge in [0.1, 0.15) is 18.3 Å². The molecule has 0 saturated carbocycles. The number of methoxy groups -OCH3 is 1. The van der Waals surface area contributed by atoms with Crippen LogP contribution in [0, 0.1) is 6.92 Å². The van der Waals surface area contributed by atoms with Gasteiger partial charge >= 0.3 is 0 Å². The summed E-state index contributed by atoms with van der Waals surface area (Å²) in [6.07, 6.45) is 3.12. The second kappa shape index (κ2) is 13.5. The van der Waals surface area contributed by atoms with E-state index in [1.165, 1.54) is 12.0 Å². The Hall–Kier alpha value is -2.78. The van der Waals surface area contributed by atoms with Crippen LogP contribution in [-0.2, 0) is 26.2 Å². The second-order valence-electron chi connectivity index (χ2n) is 8.63. The number of hydrogen-bond donors (Lipinski definition) is 1. The standard InChI is InChI=1S/C26H36ClN3O5S/c1-6-8-15-28-26(32)22(7-2)29(17-20-11-9-10-12-21(20)27)25(31)18-30(36(5,33)34)23-16-19(3)13-14-24(23)35-4/h9-14,16,22H,6-8,15,17-18H2,1-5H3,(H,28,32). The van der Waals surface area contributed by atoms with Crippen molar-refractivity contribution in [1.29, 1.82) is 0 Å². The smallest absolute Gasteiger partial charge is 0.244 e. The third kappa shape index (κ3) is 7.86. The van der Waals surface area contributed by atoms with Crippen LogP contribution in [-0.4, -0.2) is 57.6 Å².